The van der Waals surface area contributed by atoms with E-state index in [0.717, 1.165) is 0 Å². The molecule has 0 heterocycles. The lowest BCUT2D eigenvalue weighted by Gasteiger charge is -2.37. The van der Waals surface area contributed by atoms with E-state index < -0.39 is 0 Å². The van der Waals surface area contributed by atoms with E-state index in [4.69, 9.17) is 0 Å². The van der Waals surface area contributed by atoms with Gasteiger partial charge >= 0.3 is 0 Å². The molecule has 6 rings (SSSR count). The molecule has 0 radical (unpaired) electrons. The maximum atomic E-state index is 3.81. The predicted molar refractivity (Wildman–Crippen MR) is 113 cm³/mol. The Morgan fingerprint density at radius 1 is 0.731 bits per heavy atom. The van der Waals surface area contributed by atoms with Crippen LogP contribution in [0.15, 0.2) is 94.5 Å². The van der Waals surface area contributed by atoms with Gasteiger partial charge in [-0.15, -0.1) is 0 Å². The molecule has 0 saturated heterocycles. The summed E-state index contributed by atoms with van der Waals surface area (Å²) in [5.41, 5.74) is 10.5. The molecule has 0 N–H and O–H groups in total. The number of fused-ring (bicyclic) bond motifs is 8. The average molecular weight is 395 g/mol. The highest BCUT2D eigenvalue weighted by Gasteiger charge is 2.44. The van der Waals surface area contributed by atoms with E-state index in [-0.39, 0.29) is 5.41 Å². The van der Waals surface area contributed by atoms with Crippen LogP contribution < -0.4 is 0 Å². The third-order valence-electron chi connectivity index (χ3n) is 5.89. The molecule has 1 atom stereocenters. The number of hydrogen-bond acceptors (Lipinski definition) is 0. The first-order valence-corrected chi connectivity index (χ1v) is 9.70. The molecule has 0 amide bonds. The summed E-state index contributed by atoms with van der Waals surface area (Å²) in [5.74, 6) is 0. The predicted octanol–water partition coefficient (Wildman–Crippen LogP) is 6.80. The third-order valence-corrected chi connectivity index (χ3v) is 6.55. The van der Waals surface area contributed by atoms with Gasteiger partial charge in [0.25, 0.3) is 0 Å². The van der Waals surface area contributed by atoms with Crippen LogP contribution in [0.4, 0.5) is 0 Å². The van der Waals surface area contributed by atoms with Crippen molar-refractivity contribution >= 4 is 39.2 Å². The molecule has 4 aliphatic rings. The maximum Gasteiger partial charge on any atom is 0.0582 e. The molecule has 26 heavy (non-hydrogen) atoms. The lowest BCUT2D eigenvalue weighted by atomic mass is 9.65. The van der Waals surface area contributed by atoms with Gasteiger partial charge in [-0.2, -0.15) is 0 Å². The Hall–Kier alpha value is -2.64. The van der Waals surface area contributed by atoms with Crippen molar-refractivity contribution in [3.05, 3.63) is 117 Å². The van der Waals surface area contributed by atoms with Crippen molar-refractivity contribution in [2.24, 2.45) is 5.41 Å². The van der Waals surface area contributed by atoms with Gasteiger partial charge in [0.05, 0.1) is 5.41 Å². The monoisotopic (exact) mass is 394 g/mol. The normalized spacial score (nSPS) is 24.0. The summed E-state index contributed by atoms with van der Waals surface area (Å²) >= 11 is 3.81. The number of halogens is 1. The van der Waals surface area contributed by atoms with Crippen LogP contribution in [-0.4, -0.2) is 0 Å². The molecule has 0 bridgehead atoms. The van der Waals surface area contributed by atoms with E-state index in [2.05, 4.69) is 107 Å². The number of hydrogen-bond donors (Lipinski definition) is 0. The Balaban J connectivity index is 1.61. The first kappa shape index (κ1) is 14.5. The quantitative estimate of drug-likeness (QED) is 0.460. The summed E-state index contributed by atoms with van der Waals surface area (Å²) in [7, 11) is 0. The molecule has 2 aromatic carbocycles. The Bertz CT molecular complexity index is 1180. The fourth-order valence-electron chi connectivity index (χ4n) is 4.72. The van der Waals surface area contributed by atoms with Gasteiger partial charge in [0, 0.05) is 10.1 Å². The molecule has 122 valence electrons. The van der Waals surface area contributed by atoms with Gasteiger partial charge in [-0.1, -0.05) is 88.8 Å². The van der Waals surface area contributed by atoms with Gasteiger partial charge in [-0.25, -0.2) is 0 Å². The highest BCUT2D eigenvalue weighted by molar-refractivity contribution is 9.12. The van der Waals surface area contributed by atoms with Gasteiger partial charge in [0.15, 0.2) is 0 Å². The van der Waals surface area contributed by atoms with E-state index >= 15 is 0 Å². The Morgan fingerprint density at radius 3 is 2.27 bits per heavy atom. The Kier molecular flexibility index (Phi) is 2.77. The lowest BCUT2D eigenvalue weighted by molar-refractivity contribution is 0.753. The molecule has 1 spiro atoms. The maximum absolute atomic E-state index is 3.81. The summed E-state index contributed by atoms with van der Waals surface area (Å²) in [6.45, 7) is 0. The summed E-state index contributed by atoms with van der Waals surface area (Å²) in [4.78, 5) is 0. The SMILES string of the molecule is BrC1=C2C(=Cc3ccccc32)C2(C=CC=C3C2=Cc2ccccc23)C=C1. The van der Waals surface area contributed by atoms with Gasteiger partial charge < -0.3 is 0 Å². The van der Waals surface area contributed by atoms with Gasteiger partial charge in [-0.3, -0.25) is 0 Å². The van der Waals surface area contributed by atoms with Crippen LogP contribution >= 0.6 is 15.9 Å². The highest BCUT2D eigenvalue weighted by atomic mass is 79.9. The fourth-order valence-corrected chi connectivity index (χ4v) is 5.28. The van der Waals surface area contributed by atoms with E-state index in [1.807, 2.05) is 0 Å². The molecule has 1 unspecified atom stereocenters. The minimum absolute atomic E-state index is 0.200. The topological polar surface area (TPSA) is 0 Å². The van der Waals surface area contributed by atoms with Crippen LogP contribution in [0.5, 0.6) is 0 Å². The van der Waals surface area contributed by atoms with Crippen molar-refractivity contribution in [1.29, 1.82) is 0 Å². The molecule has 0 nitrogen and oxygen atoms in total. The molecular formula is C25H15Br. The summed E-state index contributed by atoms with van der Waals surface area (Å²) in [6.07, 6.45) is 16.1. The van der Waals surface area contributed by atoms with Crippen LogP contribution in [-0.2, 0) is 0 Å². The molecular weight excluding hydrogens is 380 g/mol. The largest absolute Gasteiger partial charge is 0.0657 e. The summed E-state index contributed by atoms with van der Waals surface area (Å²) in [6, 6.07) is 17.4. The second kappa shape index (κ2) is 4.96. The smallest absolute Gasteiger partial charge is 0.0582 e. The minimum Gasteiger partial charge on any atom is -0.0657 e. The van der Waals surface area contributed by atoms with Crippen LogP contribution in [0.1, 0.15) is 22.3 Å². The molecule has 0 saturated carbocycles. The Morgan fingerprint density at radius 2 is 1.42 bits per heavy atom. The molecule has 2 aromatic rings. The first-order valence-electron chi connectivity index (χ1n) is 8.90. The second-order valence-electron chi connectivity index (χ2n) is 7.16. The van der Waals surface area contributed by atoms with Crippen LogP contribution in [0, 0.1) is 5.41 Å². The molecule has 4 aliphatic carbocycles. The zero-order chi connectivity index (χ0) is 17.3. The van der Waals surface area contributed by atoms with E-state index in [1.54, 1.807) is 0 Å². The van der Waals surface area contributed by atoms with Gasteiger partial charge in [0.1, 0.15) is 0 Å². The third kappa shape index (κ3) is 1.69. The van der Waals surface area contributed by atoms with Crippen molar-refractivity contribution in [3.63, 3.8) is 0 Å². The van der Waals surface area contributed by atoms with Crippen molar-refractivity contribution in [2.75, 3.05) is 0 Å². The number of allylic oxidation sites excluding steroid dienone is 10. The number of rotatable bonds is 0. The van der Waals surface area contributed by atoms with Crippen LogP contribution in [0.25, 0.3) is 23.3 Å². The molecule has 0 aliphatic heterocycles. The van der Waals surface area contributed by atoms with Gasteiger partial charge in [-0.05, 0) is 57.2 Å². The van der Waals surface area contributed by atoms with E-state index in [9.17, 15) is 0 Å². The summed E-state index contributed by atoms with van der Waals surface area (Å²) in [5, 5.41) is 0. The standard InChI is InChI=1S/C25H15Br/c26-23-11-13-25(22-15-17-7-2-4-9-19(17)24(22)23)12-5-10-20-18-8-3-1-6-16(18)14-21(20)25/h1-15H. The summed E-state index contributed by atoms with van der Waals surface area (Å²) < 4.78 is 1.17. The van der Waals surface area contributed by atoms with E-state index in [1.165, 1.54) is 49.0 Å². The minimum atomic E-state index is -0.200. The first-order chi connectivity index (χ1) is 12.8. The van der Waals surface area contributed by atoms with Crippen molar-refractivity contribution in [2.45, 2.75) is 0 Å². The average Bonchev–Trinajstić information content (AvgIpc) is 3.25. The molecule has 1 heteroatoms. The van der Waals surface area contributed by atoms with Gasteiger partial charge in [0.2, 0.25) is 0 Å². The van der Waals surface area contributed by atoms with Crippen LogP contribution in [0.2, 0.25) is 0 Å². The molecule has 0 aromatic heterocycles. The lowest BCUT2D eigenvalue weighted by Crippen LogP contribution is -2.24. The zero-order valence-electron chi connectivity index (χ0n) is 14.0. The van der Waals surface area contributed by atoms with Crippen LogP contribution in [0.3, 0.4) is 0 Å². The van der Waals surface area contributed by atoms with Crippen molar-refractivity contribution < 1.29 is 0 Å². The fraction of sp³-hybridized carbons (Fsp3) is 0.0400. The molecule has 0 fully saturated rings. The van der Waals surface area contributed by atoms with E-state index in [0.29, 0.717) is 0 Å². The van der Waals surface area contributed by atoms with Crippen molar-refractivity contribution in [3.8, 4) is 0 Å². The zero-order valence-corrected chi connectivity index (χ0v) is 15.6. The number of benzene rings is 2. The highest BCUT2D eigenvalue weighted by Crippen LogP contribution is 2.60. The Labute approximate surface area is 161 Å². The second-order valence-corrected chi connectivity index (χ2v) is 8.01. The van der Waals surface area contributed by atoms with Crippen molar-refractivity contribution in [1.82, 2.24) is 0 Å².